The summed E-state index contributed by atoms with van der Waals surface area (Å²) in [5.74, 6) is 0.784. The van der Waals surface area contributed by atoms with E-state index in [2.05, 4.69) is 31.0 Å². The predicted octanol–water partition coefficient (Wildman–Crippen LogP) is 1.96. The molecular weight excluding hydrogens is 172 g/mol. The van der Waals surface area contributed by atoms with Crippen LogP contribution in [0.4, 0.5) is 0 Å². The first kappa shape index (κ1) is 12.0. The van der Waals surface area contributed by atoms with Crippen molar-refractivity contribution < 1.29 is 0 Å². The second-order valence-electron chi connectivity index (χ2n) is 5.04. The molecule has 0 spiro atoms. The monoisotopic (exact) mass is 198 g/mol. The number of rotatable bonds is 6. The molecule has 0 amide bonds. The zero-order valence-corrected chi connectivity index (χ0v) is 10.3. The van der Waals surface area contributed by atoms with E-state index in [0.717, 1.165) is 12.5 Å². The van der Waals surface area contributed by atoms with Gasteiger partial charge >= 0.3 is 0 Å². The summed E-state index contributed by atoms with van der Waals surface area (Å²) in [5, 5.41) is 3.24. The molecule has 2 heteroatoms. The Balaban J connectivity index is 2.20. The van der Waals surface area contributed by atoms with Gasteiger partial charge in [0.1, 0.15) is 0 Å². The van der Waals surface area contributed by atoms with Crippen molar-refractivity contribution in [3.63, 3.8) is 0 Å². The molecule has 0 aromatic rings. The van der Waals surface area contributed by atoms with Gasteiger partial charge in [0, 0.05) is 19.6 Å². The van der Waals surface area contributed by atoms with Crippen LogP contribution in [-0.4, -0.2) is 38.1 Å². The van der Waals surface area contributed by atoms with Crippen molar-refractivity contribution in [2.45, 2.75) is 33.6 Å². The third-order valence-electron chi connectivity index (χ3n) is 3.74. The fourth-order valence-electron chi connectivity index (χ4n) is 2.58. The molecule has 1 N–H and O–H groups in total. The zero-order valence-electron chi connectivity index (χ0n) is 10.3. The molecule has 1 aliphatic rings. The van der Waals surface area contributed by atoms with Gasteiger partial charge in [-0.25, -0.2) is 0 Å². The Morgan fingerprint density at radius 3 is 2.29 bits per heavy atom. The van der Waals surface area contributed by atoms with Crippen LogP contribution in [0.25, 0.3) is 0 Å². The topological polar surface area (TPSA) is 15.3 Å². The SMILES string of the molecule is CCC1(CC)CN(CC(C)CNC)C1. The summed E-state index contributed by atoms with van der Waals surface area (Å²) in [6.45, 7) is 12.1. The van der Waals surface area contributed by atoms with Gasteiger partial charge in [-0.1, -0.05) is 20.8 Å². The number of nitrogens with one attached hydrogen (secondary N) is 1. The molecule has 1 unspecified atom stereocenters. The van der Waals surface area contributed by atoms with Gasteiger partial charge in [0.15, 0.2) is 0 Å². The molecule has 1 fully saturated rings. The number of hydrogen-bond acceptors (Lipinski definition) is 2. The molecule has 0 saturated carbocycles. The van der Waals surface area contributed by atoms with Crippen molar-refractivity contribution in [2.24, 2.45) is 11.3 Å². The van der Waals surface area contributed by atoms with Crippen LogP contribution in [0.3, 0.4) is 0 Å². The normalized spacial score (nSPS) is 23.1. The van der Waals surface area contributed by atoms with Gasteiger partial charge in [0.25, 0.3) is 0 Å². The first-order valence-electron chi connectivity index (χ1n) is 6.02. The Morgan fingerprint density at radius 1 is 1.29 bits per heavy atom. The minimum atomic E-state index is 0.666. The average molecular weight is 198 g/mol. The summed E-state index contributed by atoms with van der Waals surface area (Å²) < 4.78 is 0. The van der Waals surface area contributed by atoms with Gasteiger partial charge in [-0.3, -0.25) is 0 Å². The molecule has 1 aliphatic heterocycles. The van der Waals surface area contributed by atoms with Crippen molar-refractivity contribution in [3.8, 4) is 0 Å². The molecular formula is C12H26N2. The highest BCUT2D eigenvalue weighted by Crippen LogP contribution is 2.37. The van der Waals surface area contributed by atoms with Gasteiger partial charge in [0.2, 0.25) is 0 Å². The zero-order chi connectivity index (χ0) is 10.6. The average Bonchev–Trinajstić information content (AvgIpc) is 2.11. The van der Waals surface area contributed by atoms with Crippen LogP contribution in [0.15, 0.2) is 0 Å². The maximum atomic E-state index is 3.24. The van der Waals surface area contributed by atoms with E-state index < -0.39 is 0 Å². The highest BCUT2D eigenvalue weighted by Gasteiger charge is 2.39. The Morgan fingerprint density at radius 2 is 1.86 bits per heavy atom. The largest absolute Gasteiger partial charge is 0.319 e. The lowest BCUT2D eigenvalue weighted by Gasteiger charge is -2.50. The van der Waals surface area contributed by atoms with E-state index in [-0.39, 0.29) is 0 Å². The Kier molecular flexibility index (Phi) is 4.39. The number of nitrogens with zero attached hydrogens (tertiary/aromatic N) is 1. The Bertz CT molecular complexity index is 156. The van der Waals surface area contributed by atoms with Crippen LogP contribution in [0.5, 0.6) is 0 Å². The fourth-order valence-corrected chi connectivity index (χ4v) is 2.58. The van der Waals surface area contributed by atoms with Crippen LogP contribution < -0.4 is 5.32 Å². The van der Waals surface area contributed by atoms with Gasteiger partial charge in [-0.15, -0.1) is 0 Å². The van der Waals surface area contributed by atoms with Crippen molar-refractivity contribution in [3.05, 3.63) is 0 Å². The van der Waals surface area contributed by atoms with E-state index in [1.165, 1.54) is 32.5 Å². The molecule has 0 bridgehead atoms. The third kappa shape index (κ3) is 2.71. The molecule has 0 aromatic heterocycles. The minimum absolute atomic E-state index is 0.666. The first-order valence-corrected chi connectivity index (χ1v) is 6.02. The molecule has 1 saturated heterocycles. The van der Waals surface area contributed by atoms with Crippen LogP contribution in [0.2, 0.25) is 0 Å². The maximum Gasteiger partial charge on any atom is 0.00504 e. The van der Waals surface area contributed by atoms with Crippen molar-refractivity contribution in [1.82, 2.24) is 10.2 Å². The van der Waals surface area contributed by atoms with Crippen LogP contribution in [0, 0.1) is 11.3 Å². The summed E-state index contributed by atoms with van der Waals surface area (Å²) >= 11 is 0. The second kappa shape index (κ2) is 5.13. The highest BCUT2D eigenvalue weighted by atomic mass is 15.2. The van der Waals surface area contributed by atoms with Crippen molar-refractivity contribution in [2.75, 3.05) is 33.2 Å². The van der Waals surface area contributed by atoms with Gasteiger partial charge in [0.05, 0.1) is 0 Å². The summed E-state index contributed by atoms with van der Waals surface area (Å²) in [7, 11) is 2.04. The molecule has 0 aliphatic carbocycles. The maximum absolute atomic E-state index is 3.24. The predicted molar refractivity (Wildman–Crippen MR) is 62.5 cm³/mol. The first-order chi connectivity index (χ1) is 6.65. The summed E-state index contributed by atoms with van der Waals surface area (Å²) in [4.78, 5) is 2.61. The number of hydrogen-bond donors (Lipinski definition) is 1. The lowest BCUT2D eigenvalue weighted by atomic mass is 9.75. The lowest BCUT2D eigenvalue weighted by molar-refractivity contribution is -0.0142. The Labute approximate surface area is 89.1 Å². The fraction of sp³-hybridized carbons (Fsp3) is 1.00. The highest BCUT2D eigenvalue weighted by molar-refractivity contribution is 4.93. The van der Waals surface area contributed by atoms with Crippen molar-refractivity contribution in [1.29, 1.82) is 0 Å². The Hall–Kier alpha value is -0.0800. The van der Waals surface area contributed by atoms with Gasteiger partial charge in [-0.2, -0.15) is 0 Å². The number of likely N-dealkylation sites (tertiary alicyclic amines) is 1. The minimum Gasteiger partial charge on any atom is -0.319 e. The summed E-state index contributed by atoms with van der Waals surface area (Å²) in [5.41, 5.74) is 0.666. The molecule has 14 heavy (non-hydrogen) atoms. The summed E-state index contributed by atoms with van der Waals surface area (Å²) in [6.07, 6.45) is 2.70. The van der Waals surface area contributed by atoms with Gasteiger partial charge < -0.3 is 10.2 Å². The van der Waals surface area contributed by atoms with Crippen molar-refractivity contribution >= 4 is 0 Å². The molecule has 1 atom stereocenters. The van der Waals surface area contributed by atoms with E-state index in [1.54, 1.807) is 0 Å². The third-order valence-corrected chi connectivity index (χ3v) is 3.74. The van der Waals surface area contributed by atoms with Crippen LogP contribution in [0.1, 0.15) is 33.6 Å². The molecule has 1 heterocycles. The van der Waals surface area contributed by atoms with Crippen LogP contribution in [-0.2, 0) is 0 Å². The molecule has 0 aromatic carbocycles. The quantitative estimate of drug-likeness (QED) is 0.702. The van der Waals surface area contributed by atoms with E-state index in [0.29, 0.717) is 5.41 Å². The standard InChI is InChI=1S/C12H26N2/c1-5-12(6-2)9-14(10-12)8-11(3)7-13-4/h11,13H,5-10H2,1-4H3. The van der Waals surface area contributed by atoms with E-state index in [1.807, 2.05) is 7.05 Å². The molecule has 1 rings (SSSR count). The van der Waals surface area contributed by atoms with Gasteiger partial charge in [-0.05, 0) is 37.8 Å². The van der Waals surface area contributed by atoms with E-state index >= 15 is 0 Å². The molecule has 2 nitrogen and oxygen atoms in total. The van der Waals surface area contributed by atoms with E-state index in [4.69, 9.17) is 0 Å². The smallest absolute Gasteiger partial charge is 0.00504 e. The van der Waals surface area contributed by atoms with E-state index in [9.17, 15) is 0 Å². The second-order valence-corrected chi connectivity index (χ2v) is 5.04. The van der Waals surface area contributed by atoms with Crippen LogP contribution >= 0.6 is 0 Å². The molecule has 84 valence electrons. The lowest BCUT2D eigenvalue weighted by Crippen LogP contribution is -2.57. The molecule has 0 radical (unpaired) electrons. The summed E-state index contributed by atoms with van der Waals surface area (Å²) in [6, 6.07) is 0.